The minimum absolute atomic E-state index is 0.369. The SMILES string of the molecule is Cc1cnc(Cc2nc3cnc4ccc(Cl)cc4c3n2C2CCN(C)C2)cn1. The maximum atomic E-state index is 6.32. The molecule has 4 heterocycles. The van der Waals surface area contributed by atoms with Crippen LogP contribution in [-0.4, -0.2) is 49.5 Å². The Morgan fingerprint density at radius 3 is 2.75 bits per heavy atom. The number of hydrogen-bond donors (Lipinski definition) is 0. The van der Waals surface area contributed by atoms with Crippen LogP contribution in [0.3, 0.4) is 0 Å². The van der Waals surface area contributed by atoms with Crippen LogP contribution >= 0.6 is 11.6 Å². The van der Waals surface area contributed by atoms with E-state index in [-0.39, 0.29) is 0 Å². The average Bonchev–Trinajstić information content (AvgIpc) is 3.26. The van der Waals surface area contributed by atoms with Gasteiger partial charge in [0.15, 0.2) is 0 Å². The number of fused-ring (bicyclic) bond motifs is 3. The summed E-state index contributed by atoms with van der Waals surface area (Å²) in [6, 6.07) is 6.22. The number of benzene rings is 1. The second-order valence-electron chi connectivity index (χ2n) is 7.58. The van der Waals surface area contributed by atoms with E-state index in [0.29, 0.717) is 17.5 Å². The van der Waals surface area contributed by atoms with Crippen molar-refractivity contribution < 1.29 is 0 Å². The van der Waals surface area contributed by atoms with Gasteiger partial charge in [0.2, 0.25) is 0 Å². The Morgan fingerprint density at radius 2 is 2.00 bits per heavy atom. The monoisotopic (exact) mass is 392 g/mol. The quantitative estimate of drug-likeness (QED) is 0.530. The van der Waals surface area contributed by atoms with Crippen LogP contribution in [0.2, 0.25) is 5.02 Å². The van der Waals surface area contributed by atoms with Crippen molar-refractivity contribution >= 4 is 33.5 Å². The summed E-state index contributed by atoms with van der Waals surface area (Å²) in [5.74, 6) is 1.00. The number of nitrogens with zero attached hydrogens (tertiary/aromatic N) is 6. The molecule has 0 spiro atoms. The lowest BCUT2D eigenvalue weighted by Gasteiger charge is -2.18. The van der Waals surface area contributed by atoms with Gasteiger partial charge < -0.3 is 9.47 Å². The zero-order chi connectivity index (χ0) is 19.3. The molecule has 7 heteroatoms. The lowest BCUT2D eigenvalue weighted by Crippen LogP contribution is -2.18. The smallest absolute Gasteiger partial charge is 0.116 e. The van der Waals surface area contributed by atoms with E-state index >= 15 is 0 Å². The Labute approximate surface area is 168 Å². The molecule has 4 aromatic rings. The third kappa shape index (κ3) is 3.02. The van der Waals surface area contributed by atoms with Crippen molar-refractivity contribution in [1.29, 1.82) is 0 Å². The summed E-state index contributed by atoms with van der Waals surface area (Å²) in [5.41, 5.74) is 4.79. The first-order valence-electron chi connectivity index (χ1n) is 9.49. The molecule has 1 aliphatic heterocycles. The van der Waals surface area contributed by atoms with Gasteiger partial charge in [0.1, 0.15) is 11.3 Å². The highest BCUT2D eigenvalue weighted by molar-refractivity contribution is 6.31. The fraction of sp³-hybridized carbons (Fsp3) is 0.333. The van der Waals surface area contributed by atoms with E-state index in [1.165, 1.54) is 0 Å². The van der Waals surface area contributed by atoms with Crippen LogP contribution in [0.25, 0.3) is 21.9 Å². The second-order valence-corrected chi connectivity index (χ2v) is 8.02. The molecule has 1 aromatic carbocycles. The molecule has 1 fully saturated rings. The fourth-order valence-corrected chi connectivity index (χ4v) is 4.28. The summed E-state index contributed by atoms with van der Waals surface area (Å²) in [6.45, 7) is 4.03. The van der Waals surface area contributed by atoms with E-state index in [4.69, 9.17) is 16.6 Å². The first-order chi connectivity index (χ1) is 13.6. The topological polar surface area (TPSA) is 59.7 Å². The summed E-state index contributed by atoms with van der Waals surface area (Å²) in [5, 5.41) is 1.76. The van der Waals surface area contributed by atoms with Crippen LogP contribution in [-0.2, 0) is 6.42 Å². The highest BCUT2D eigenvalue weighted by Gasteiger charge is 2.27. The number of halogens is 1. The molecular formula is C21H21ClN6. The molecule has 0 saturated carbocycles. The Hall–Kier alpha value is -2.57. The molecule has 28 heavy (non-hydrogen) atoms. The van der Waals surface area contributed by atoms with Crippen LogP contribution in [0.5, 0.6) is 0 Å². The lowest BCUT2D eigenvalue weighted by atomic mass is 10.1. The lowest BCUT2D eigenvalue weighted by molar-refractivity contribution is 0.392. The molecule has 1 saturated heterocycles. The molecule has 0 amide bonds. The summed E-state index contributed by atoms with van der Waals surface area (Å²) >= 11 is 6.32. The highest BCUT2D eigenvalue weighted by Crippen LogP contribution is 2.33. The fourth-order valence-electron chi connectivity index (χ4n) is 4.11. The van der Waals surface area contributed by atoms with E-state index in [1.54, 1.807) is 0 Å². The summed E-state index contributed by atoms with van der Waals surface area (Å²) in [6.07, 6.45) is 7.25. The highest BCUT2D eigenvalue weighted by atomic mass is 35.5. The van der Waals surface area contributed by atoms with Crippen molar-refractivity contribution in [2.75, 3.05) is 20.1 Å². The van der Waals surface area contributed by atoms with Gasteiger partial charge in [-0.2, -0.15) is 0 Å². The van der Waals surface area contributed by atoms with Crippen molar-refractivity contribution in [2.45, 2.75) is 25.8 Å². The van der Waals surface area contributed by atoms with Crippen molar-refractivity contribution in [3.8, 4) is 0 Å². The molecule has 3 aromatic heterocycles. The number of likely N-dealkylation sites (tertiary alicyclic amines) is 1. The van der Waals surface area contributed by atoms with Gasteiger partial charge in [0.05, 0.1) is 28.6 Å². The van der Waals surface area contributed by atoms with Crippen molar-refractivity contribution in [2.24, 2.45) is 0 Å². The number of aryl methyl sites for hydroxylation is 1. The summed E-state index contributed by atoms with van der Waals surface area (Å²) < 4.78 is 2.39. The molecule has 1 atom stereocenters. The van der Waals surface area contributed by atoms with Gasteiger partial charge in [-0.25, -0.2) is 4.98 Å². The molecule has 0 N–H and O–H groups in total. The normalized spacial score (nSPS) is 17.8. The number of imidazole rings is 1. The summed E-state index contributed by atoms with van der Waals surface area (Å²) in [7, 11) is 2.17. The zero-order valence-electron chi connectivity index (χ0n) is 15.9. The van der Waals surface area contributed by atoms with E-state index < -0.39 is 0 Å². The Balaban J connectivity index is 1.73. The van der Waals surface area contributed by atoms with E-state index in [2.05, 4.69) is 31.5 Å². The number of aromatic nitrogens is 5. The van der Waals surface area contributed by atoms with Crippen LogP contribution in [0, 0.1) is 6.92 Å². The first kappa shape index (κ1) is 17.5. The van der Waals surface area contributed by atoms with Gasteiger partial charge >= 0.3 is 0 Å². The molecule has 0 radical (unpaired) electrons. The van der Waals surface area contributed by atoms with Crippen LogP contribution < -0.4 is 0 Å². The van der Waals surface area contributed by atoms with Crippen molar-refractivity contribution in [3.63, 3.8) is 0 Å². The third-order valence-electron chi connectivity index (χ3n) is 5.46. The molecular weight excluding hydrogens is 372 g/mol. The maximum Gasteiger partial charge on any atom is 0.116 e. The summed E-state index contributed by atoms with van der Waals surface area (Å²) in [4.78, 5) is 20.8. The minimum atomic E-state index is 0.369. The van der Waals surface area contributed by atoms with E-state index in [9.17, 15) is 0 Å². The molecule has 6 nitrogen and oxygen atoms in total. The van der Waals surface area contributed by atoms with Gasteiger partial charge in [0.25, 0.3) is 0 Å². The van der Waals surface area contributed by atoms with Crippen molar-refractivity contribution in [3.05, 3.63) is 59.0 Å². The largest absolute Gasteiger partial charge is 0.323 e. The first-order valence-corrected chi connectivity index (χ1v) is 9.87. The predicted octanol–water partition coefficient (Wildman–Crippen LogP) is 3.80. The third-order valence-corrected chi connectivity index (χ3v) is 5.69. The van der Waals surface area contributed by atoms with Gasteiger partial charge in [-0.15, -0.1) is 0 Å². The van der Waals surface area contributed by atoms with Crippen LogP contribution in [0.4, 0.5) is 0 Å². The minimum Gasteiger partial charge on any atom is -0.323 e. The molecule has 0 aliphatic carbocycles. The molecule has 1 aliphatic rings. The average molecular weight is 393 g/mol. The number of rotatable bonds is 3. The zero-order valence-corrected chi connectivity index (χ0v) is 16.7. The number of hydrogen-bond acceptors (Lipinski definition) is 5. The standard InChI is InChI=1S/C21H21ClN6/c1-13-9-24-15(10-23-13)8-20-26-19-11-25-18-4-3-14(22)7-17(18)21(19)28(20)16-5-6-27(2)12-16/h3-4,7,9-11,16H,5-6,8,12H2,1-2H3. The van der Waals surface area contributed by atoms with Gasteiger partial charge in [-0.1, -0.05) is 11.6 Å². The van der Waals surface area contributed by atoms with Gasteiger partial charge in [-0.05, 0) is 45.1 Å². The maximum absolute atomic E-state index is 6.32. The van der Waals surface area contributed by atoms with E-state index in [1.807, 2.05) is 43.7 Å². The molecule has 1 unspecified atom stereocenters. The second kappa shape index (κ2) is 6.79. The molecule has 142 valence electrons. The number of likely N-dealkylation sites (N-methyl/N-ethyl adjacent to an activating group) is 1. The van der Waals surface area contributed by atoms with Gasteiger partial charge in [0, 0.05) is 41.8 Å². The van der Waals surface area contributed by atoms with Crippen LogP contribution in [0.15, 0.2) is 36.8 Å². The predicted molar refractivity (Wildman–Crippen MR) is 111 cm³/mol. The van der Waals surface area contributed by atoms with E-state index in [0.717, 1.165) is 58.7 Å². The Morgan fingerprint density at radius 1 is 1.11 bits per heavy atom. The molecule has 0 bridgehead atoms. The number of pyridine rings is 1. The van der Waals surface area contributed by atoms with Crippen molar-refractivity contribution in [1.82, 2.24) is 29.4 Å². The Kier molecular flexibility index (Phi) is 4.25. The van der Waals surface area contributed by atoms with Crippen LogP contribution in [0.1, 0.15) is 29.7 Å². The molecule has 5 rings (SSSR count). The Bertz CT molecular complexity index is 1170. The van der Waals surface area contributed by atoms with Gasteiger partial charge in [-0.3, -0.25) is 15.0 Å².